The van der Waals surface area contributed by atoms with E-state index in [1.807, 2.05) is 24.3 Å². The number of para-hydroxylation sites is 1. The van der Waals surface area contributed by atoms with Gasteiger partial charge in [0.2, 0.25) is 5.91 Å². The van der Waals surface area contributed by atoms with E-state index in [1.54, 1.807) is 23.1 Å². The number of nitrogens with zero attached hydrogens (tertiary/aromatic N) is 1. The fourth-order valence-corrected chi connectivity index (χ4v) is 4.16. The zero-order valence-corrected chi connectivity index (χ0v) is 14.7. The van der Waals surface area contributed by atoms with Gasteiger partial charge in [-0.15, -0.1) is 11.3 Å². The molecule has 1 N–H and O–H groups in total. The molecule has 1 aromatic heterocycles. The summed E-state index contributed by atoms with van der Waals surface area (Å²) in [6.07, 6.45) is 3.60. The molecular weight excluding hydrogens is 328 g/mol. The fourth-order valence-electron chi connectivity index (χ4n) is 2.61. The Hall–Kier alpha value is -1.53. The first-order valence-electron chi connectivity index (χ1n) is 7.67. The predicted molar refractivity (Wildman–Crippen MR) is 95.2 cm³/mol. The van der Waals surface area contributed by atoms with Crippen LogP contribution < -0.4 is 10.1 Å². The highest BCUT2D eigenvalue weighted by Crippen LogP contribution is 2.26. The molecule has 1 aromatic carbocycles. The van der Waals surface area contributed by atoms with Crippen LogP contribution in [0.5, 0.6) is 5.75 Å². The number of ether oxygens (including phenoxy) is 1. The molecule has 4 nitrogen and oxygen atoms in total. The van der Waals surface area contributed by atoms with Gasteiger partial charge in [0.05, 0.1) is 11.6 Å². The van der Waals surface area contributed by atoms with E-state index in [-0.39, 0.29) is 11.8 Å². The average molecular weight is 348 g/mol. The maximum absolute atomic E-state index is 12.3. The highest BCUT2D eigenvalue weighted by Gasteiger charge is 2.25. The van der Waals surface area contributed by atoms with Crippen molar-refractivity contribution in [3.63, 3.8) is 0 Å². The summed E-state index contributed by atoms with van der Waals surface area (Å²) in [7, 11) is 0. The topological polar surface area (TPSA) is 51.2 Å². The molecule has 1 aliphatic heterocycles. The SMILES string of the molecule is CSCc1nc(CCNC(=O)[C@@H]2COc3ccccc3C2)cs1. The molecule has 2 heterocycles. The lowest BCUT2D eigenvalue weighted by Gasteiger charge is -2.24. The average Bonchev–Trinajstić information content (AvgIpc) is 3.02. The number of hydrogen-bond acceptors (Lipinski definition) is 5. The third kappa shape index (κ3) is 4.26. The lowest BCUT2D eigenvalue weighted by atomic mass is 9.96. The molecule has 1 atom stereocenters. The first-order chi connectivity index (χ1) is 11.3. The third-order valence-corrected chi connectivity index (χ3v) is 5.44. The van der Waals surface area contributed by atoms with Crippen LogP contribution in [0, 0.1) is 5.92 Å². The van der Waals surface area contributed by atoms with Crippen LogP contribution in [0.15, 0.2) is 29.6 Å². The molecular formula is C17H20N2O2S2. The Labute approximate surface area is 144 Å². The lowest BCUT2D eigenvalue weighted by molar-refractivity contribution is -0.126. The molecule has 23 heavy (non-hydrogen) atoms. The lowest BCUT2D eigenvalue weighted by Crippen LogP contribution is -2.38. The van der Waals surface area contributed by atoms with E-state index >= 15 is 0 Å². The van der Waals surface area contributed by atoms with Crippen LogP contribution in [0.1, 0.15) is 16.3 Å². The number of nitrogens with one attached hydrogen (secondary N) is 1. The van der Waals surface area contributed by atoms with Crippen molar-refractivity contribution in [1.29, 1.82) is 0 Å². The molecule has 1 aliphatic rings. The highest BCUT2D eigenvalue weighted by molar-refractivity contribution is 7.97. The van der Waals surface area contributed by atoms with E-state index < -0.39 is 0 Å². The van der Waals surface area contributed by atoms with E-state index in [2.05, 4.69) is 21.9 Å². The minimum atomic E-state index is -0.104. The Morgan fingerprint density at radius 1 is 1.48 bits per heavy atom. The Morgan fingerprint density at radius 2 is 2.35 bits per heavy atom. The van der Waals surface area contributed by atoms with Gasteiger partial charge in [-0.3, -0.25) is 4.79 Å². The molecule has 0 bridgehead atoms. The van der Waals surface area contributed by atoms with Crippen LogP contribution >= 0.6 is 23.1 Å². The summed E-state index contributed by atoms with van der Waals surface area (Å²) in [5, 5.41) is 6.24. The van der Waals surface area contributed by atoms with E-state index in [9.17, 15) is 4.79 Å². The Kier molecular flexibility index (Phi) is 5.56. The molecule has 0 radical (unpaired) electrons. The number of rotatable bonds is 6. The molecule has 3 rings (SSSR count). The van der Waals surface area contributed by atoms with Gasteiger partial charge < -0.3 is 10.1 Å². The summed E-state index contributed by atoms with van der Waals surface area (Å²) in [4.78, 5) is 16.9. The Bertz CT molecular complexity index is 672. The molecule has 0 aliphatic carbocycles. The summed E-state index contributed by atoms with van der Waals surface area (Å²) in [5.74, 6) is 1.82. The number of carbonyl (C=O) groups excluding carboxylic acids is 1. The van der Waals surface area contributed by atoms with Crippen molar-refractivity contribution in [2.75, 3.05) is 19.4 Å². The van der Waals surface area contributed by atoms with Crippen molar-refractivity contribution in [3.8, 4) is 5.75 Å². The molecule has 2 aromatic rings. The third-order valence-electron chi connectivity index (χ3n) is 3.80. The van der Waals surface area contributed by atoms with Crippen molar-refractivity contribution < 1.29 is 9.53 Å². The van der Waals surface area contributed by atoms with Gasteiger partial charge in [0, 0.05) is 24.1 Å². The van der Waals surface area contributed by atoms with E-state index in [4.69, 9.17) is 4.74 Å². The molecule has 0 unspecified atom stereocenters. The van der Waals surface area contributed by atoms with Crippen molar-refractivity contribution in [3.05, 3.63) is 45.9 Å². The maximum atomic E-state index is 12.3. The number of aromatic nitrogens is 1. The molecule has 0 saturated carbocycles. The number of fused-ring (bicyclic) bond motifs is 1. The molecule has 1 amide bonds. The second kappa shape index (κ2) is 7.84. The van der Waals surface area contributed by atoms with Crippen LogP contribution in [0.25, 0.3) is 0 Å². The van der Waals surface area contributed by atoms with Gasteiger partial charge in [0.25, 0.3) is 0 Å². The predicted octanol–water partition coefficient (Wildman–Crippen LogP) is 2.92. The van der Waals surface area contributed by atoms with Crippen molar-refractivity contribution in [2.24, 2.45) is 5.92 Å². The van der Waals surface area contributed by atoms with Gasteiger partial charge >= 0.3 is 0 Å². The molecule has 6 heteroatoms. The minimum Gasteiger partial charge on any atom is -0.492 e. The van der Waals surface area contributed by atoms with E-state index in [1.165, 1.54) is 0 Å². The van der Waals surface area contributed by atoms with Crippen LogP contribution in [-0.2, 0) is 23.4 Å². The molecule has 0 saturated heterocycles. The zero-order chi connectivity index (χ0) is 16.1. The van der Waals surface area contributed by atoms with E-state index in [0.29, 0.717) is 13.2 Å². The standard InChI is InChI=1S/C17H20N2O2S2/c1-22-11-16-19-14(10-23-16)6-7-18-17(20)13-8-12-4-2-3-5-15(12)21-9-13/h2-5,10,13H,6-9,11H2,1H3,(H,18,20)/t13-/m0/s1. The highest BCUT2D eigenvalue weighted by atomic mass is 32.2. The van der Waals surface area contributed by atoms with Crippen LogP contribution in [0.2, 0.25) is 0 Å². The van der Waals surface area contributed by atoms with Crippen LogP contribution in [-0.4, -0.2) is 30.3 Å². The van der Waals surface area contributed by atoms with Gasteiger partial charge in [0.15, 0.2) is 0 Å². The van der Waals surface area contributed by atoms with Crippen molar-refractivity contribution in [1.82, 2.24) is 10.3 Å². The van der Waals surface area contributed by atoms with E-state index in [0.717, 1.165) is 40.6 Å². The summed E-state index contributed by atoms with van der Waals surface area (Å²) in [6.45, 7) is 1.08. The van der Waals surface area contributed by atoms with Gasteiger partial charge in [-0.25, -0.2) is 4.98 Å². The zero-order valence-electron chi connectivity index (χ0n) is 13.1. The monoisotopic (exact) mass is 348 g/mol. The second-order valence-electron chi connectivity index (χ2n) is 5.53. The normalized spacial score (nSPS) is 16.5. The summed E-state index contributed by atoms with van der Waals surface area (Å²) < 4.78 is 5.68. The van der Waals surface area contributed by atoms with Gasteiger partial charge in [-0.1, -0.05) is 18.2 Å². The van der Waals surface area contributed by atoms with Crippen LogP contribution in [0.3, 0.4) is 0 Å². The smallest absolute Gasteiger partial charge is 0.226 e. The number of thioether (sulfide) groups is 1. The molecule has 122 valence electrons. The first-order valence-corrected chi connectivity index (χ1v) is 9.94. The Morgan fingerprint density at radius 3 is 3.22 bits per heavy atom. The van der Waals surface area contributed by atoms with Gasteiger partial charge in [-0.2, -0.15) is 11.8 Å². The maximum Gasteiger partial charge on any atom is 0.226 e. The van der Waals surface area contributed by atoms with Crippen molar-refractivity contribution in [2.45, 2.75) is 18.6 Å². The van der Waals surface area contributed by atoms with Crippen LogP contribution in [0.4, 0.5) is 0 Å². The largest absolute Gasteiger partial charge is 0.492 e. The van der Waals surface area contributed by atoms with Gasteiger partial charge in [0.1, 0.15) is 17.4 Å². The summed E-state index contributed by atoms with van der Waals surface area (Å²) in [6, 6.07) is 7.92. The summed E-state index contributed by atoms with van der Waals surface area (Å²) >= 11 is 3.46. The second-order valence-corrected chi connectivity index (χ2v) is 7.34. The number of amides is 1. The number of benzene rings is 1. The number of carbonyl (C=O) groups is 1. The number of hydrogen-bond donors (Lipinski definition) is 1. The van der Waals surface area contributed by atoms with Crippen molar-refractivity contribution >= 4 is 29.0 Å². The minimum absolute atomic E-state index is 0.0686. The summed E-state index contributed by atoms with van der Waals surface area (Å²) in [5.41, 5.74) is 2.17. The quantitative estimate of drug-likeness (QED) is 0.872. The fraction of sp³-hybridized carbons (Fsp3) is 0.412. The molecule has 0 spiro atoms. The first kappa shape index (κ1) is 16.3. The molecule has 0 fully saturated rings. The number of thiazole rings is 1. The Balaban J connectivity index is 1.46. The van der Waals surface area contributed by atoms with Gasteiger partial charge in [-0.05, 0) is 24.3 Å².